The Morgan fingerprint density at radius 3 is 2.60 bits per heavy atom. The number of benzene rings is 1. The van der Waals surface area contributed by atoms with Crippen molar-refractivity contribution in [3.63, 3.8) is 0 Å². The van der Waals surface area contributed by atoms with Gasteiger partial charge in [-0.1, -0.05) is 22.9 Å². The van der Waals surface area contributed by atoms with Gasteiger partial charge in [-0.05, 0) is 25.5 Å². The van der Waals surface area contributed by atoms with Gasteiger partial charge in [-0.2, -0.15) is 0 Å². The number of rotatable bonds is 4. The Kier molecular flexibility index (Phi) is 3.88. The van der Waals surface area contributed by atoms with Gasteiger partial charge in [-0.15, -0.1) is 0 Å². The Morgan fingerprint density at radius 2 is 2.07 bits per heavy atom. The predicted molar refractivity (Wildman–Crippen MR) is 56.5 cm³/mol. The van der Waals surface area contributed by atoms with Gasteiger partial charge in [0, 0.05) is 7.11 Å². The molecular weight excluding hydrogens is 217 g/mol. The molecule has 1 atom stereocenters. The summed E-state index contributed by atoms with van der Waals surface area (Å²) < 4.78 is 15.3. The third kappa shape index (κ3) is 3.64. The van der Waals surface area contributed by atoms with Crippen LogP contribution in [0.5, 0.6) is 5.75 Å². The van der Waals surface area contributed by atoms with E-state index in [0.717, 1.165) is 18.2 Å². The Morgan fingerprint density at radius 1 is 1.40 bits per heavy atom. The van der Waals surface area contributed by atoms with Gasteiger partial charge in [0.05, 0.1) is 0 Å². The number of hydrogen-bond acceptors (Lipinski definition) is 3. The van der Waals surface area contributed by atoms with E-state index in [1.807, 2.05) is 31.2 Å². The minimum atomic E-state index is -3.84. The topological polar surface area (TPSA) is 67.8 Å². The van der Waals surface area contributed by atoms with Gasteiger partial charge in [0.2, 0.25) is 0 Å². The maximum Gasteiger partial charge on any atom is 0.435 e. The lowest BCUT2D eigenvalue weighted by Crippen LogP contribution is -2.16. The van der Waals surface area contributed by atoms with E-state index in [2.05, 4.69) is 4.52 Å². The smallest absolute Gasteiger partial charge is 0.398 e. The van der Waals surface area contributed by atoms with E-state index in [9.17, 15) is 4.57 Å². The van der Waals surface area contributed by atoms with E-state index in [0.29, 0.717) is 5.75 Å². The summed E-state index contributed by atoms with van der Waals surface area (Å²) in [5, 5.41) is 1.97. The van der Waals surface area contributed by atoms with Gasteiger partial charge in [0.1, 0.15) is 0 Å². The van der Waals surface area contributed by atoms with Crippen LogP contribution in [0.15, 0.2) is 18.2 Å². The Labute approximate surface area is 88.6 Å². The summed E-state index contributed by atoms with van der Waals surface area (Å²) in [6.07, 6.45) is 0. The highest BCUT2D eigenvalue weighted by molar-refractivity contribution is 7.50. The van der Waals surface area contributed by atoms with Crippen molar-refractivity contribution in [3.8, 4) is 5.75 Å². The van der Waals surface area contributed by atoms with E-state index in [4.69, 9.17) is 9.73 Å². The molecule has 0 radical (unpaired) electrons. The van der Waals surface area contributed by atoms with Crippen LogP contribution in [-0.4, -0.2) is 12.0 Å². The molecule has 84 valence electrons. The molecule has 5 nitrogen and oxygen atoms in total. The summed E-state index contributed by atoms with van der Waals surface area (Å²) in [6.45, 7) is 3.80. The minimum Gasteiger partial charge on any atom is -0.398 e. The molecule has 1 unspecified atom stereocenters. The van der Waals surface area contributed by atoms with Gasteiger partial charge in [0.15, 0.2) is 5.75 Å². The lowest BCUT2D eigenvalue weighted by atomic mass is 10.1. The molecule has 0 amide bonds. The molecule has 6 heteroatoms. The van der Waals surface area contributed by atoms with Crippen molar-refractivity contribution in [1.82, 2.24) is 5.25 Å². The van der Waals surface area contributed by atoms with Gasteiger partial charge < -0.3 is 9.73 Å². The zero-order valence-electron chi connectivity index (χ0n) is 8.85. The predicted octanol–water partition coefficient (Wildman–Crippen LogP) is 1.93. The molecule has 0 saturated carbocycles. The molecule has 15 heavy (non-hydrogen) atoms. The second-order valence-corrected chi connectivity index (χ2v) is 4.75. The highest BCUT2D eigenvalue weighted by Gasteiger charge is 2.17. The first-order valence-electron chi connectivity index (χ1n) is 4.34. The summed E-state index contributed by atoms with van der Waals surface area (Å²) in [6, 6.07) is 5.47. The molecule has 1 aromatic carbocycles. The standard InChI is InChI=1S/C9H14NO4P/c1-7-4-5-9(8(2)6-7)14-10-15(11,12)13-3/h4-6H,1-3H3,(H2,10,11,12). The molecule has 0 heterocycles. The Balaban J connectivity index is 2.70. The molecule has 0 aliphatic rings. The van der Waals surface area contributed by atoms with Crippen molar-refractivity contribution in [1.29, 1.82) is 0 Å². The van der Waals surface area contributed by atoms with Crippen LogP contribution in [0.4, 0.5) is 0 Å². The normalized spacial score (nSPS) is 14.7. The Bertz CT molecular complexity index is 394. The summed E-state index contributed by atoms with van der Waals surface area (Å²) in [5.41, 5.74) is 1.97. The monoisotopic (exact) mass is 231 g/mol. The fourth-order valence-electron chi connectivity index (χ4n) is 1.06. The zero-order chi connectivity index (χ0) is 11.5. The van der Waals surface area contributed by atoms with E-state index in [-0.39, 0.29) is 0 Å². The van der Waals surface area contributed by atoms with Crippen LogP contribution in [0.3, 0.4) is 0 Å². The van der Waals surface area contributed by atoms with Crippen LogP contribution in [0, 0.1) is 13.8 Å². The van der Waals surface area contributed by atoms with Crippen LogP contribution in [0.1, 0.15) is 11.1 Å². The fraction of sp³-hybridized carbons (Fsp3) is 0.333. The minimum absolute atomic E-state index is 0.493. The maximum absolute atomic E-state index is 11.0. The second kappa shape index (κ2) is 4.77. The van der Waals surface area contributed by atoms with Crippen LogP contribution in [0.25, 0.3) is 0 Å². The van der Waals surface area contributed by atoms with Crippen LogP contribution < -0.4 is 10.1 Å². The van der Waals surface area contributed by atoms with Crippen molar-refractivity contribution >= 4 is 7.75 Å². The molecule has 0 bridgehead atoms. The first-order valence-corrected chi connectivity index (χ1v) is 5.92. The highest BCUT2D eigenvalue weighted by Crippen LogP contribution is 2.35. The molecule has 0 spiro atoms. The van der Waals surface area contributed by atoms with Crippen molar-refractivity contribution in [2.75, 3.05) is 7.11 Å². The van der Waals surface area contributed by atoms with Gasteiger partial charge >= 0.3 is 7.75 Å². The van der Waals surface area contributed by atoms with Gasteiger partial charge in [-0.25, -0.2) is 4.57 Å². The molecule has 0 aromatic heterocycles. The number of nitrogens with one attached hydrogen (secondary N) is 1. The molecular formula is C9H14NO4P. The zero-order valence-corrected chi connectivity index (χ0v) is 9.75. The van der Waals surface area contributed by atoms with E-state index >= 15 is 0 Å². The van der Waals surface area contributed by atoms with E-state index in [1.165, 1.54) is 0 Å². The second-order valence-electron chi connectivity index (χ2n) is 3.17. The first-order chi connectivity index (χ1) is 6.94. The van der Waals surface area contributed by atoms with Crippen LogP contribution >= 0.6 is 7.75 Å². The first kappa shape index (κ1) is 12.2. The third-order valence-corrected chi connectivity index (χ3v) is 2.67. The average molecular weight is 231 g/mol. The van der Waals surface area contributed by atoms with Crippen molar-refractivity contribution in [2.45, 2.75) is 13.8 Å². The molecule has 1 rings (SSSR count). The molecule has 2 N–H and O–H groups in total. The lowest BCUT2D eigenvalue weighted by Gasteiger charge is -2.12. The number of hydrogen-bond donors (Lipinski definition) is 2. The number of aryl methyl sites for hydroxylation is 2. The van der Waals surface area contributed by atoms with Gasteiger partial charge in [0.25, 0.3) is 0 Å². The third-order valence-electron chi connectivity index (χ3n) is 1.85. The summed E-state index contributed by atoms with van der Waals surface area (Å²) >= 11 is 0. The molecule has 0 aliphatic carbocycles. The van der Waals surface area contributed by atoms with Crippen LogP contribution in [0.2, 0.25) is 0 Å². The molecule has 0 aliphatic heterocycles. The maximum atomic E-state index is 11.0. The largest absolute Gasteiger partial charge is 0.435 e. The fourth-order valence-corrected chi connectivity index (χ4v) is 1.35. The van der Waals surface area contributed by atoms with E-state index < -0.39 is 7.75 Å². The average Bonchev–Trinajstić information content (AvgIpc) is 2.16. The summed E-state index contributed by atoms with van der Waals surface area (Å²) in [5.74, 6) is 0.493. The molecule has 0 saturated heterocycles. The summed E-state index contributed by atoms with van der Waals surface area (Å²) in [7, 11) is -2.72. The van der Waals surface area contributed by atoms with E-state index in [1.54, 1.807) is 6.07 Å². The van der Waals surface area contributed by atoms with Crippen LogP contribution in [-0.2, 0) is 9.09 Å². The SMILES string of the molecule is COP(=O)(O)NOc1ccc(C)cc1C. The van der Waals surface area contributed by atoms with Crippen molar-refractivity contribution < 1.29 is 18.8 Å². The summed E-state index contributed by atoms with van der Waals surface area (Å²) in [4.78, 5) is 14.0. The quantitative estimate of drug-likeness (QED) is 0.612. The highest BCUT2D eigenvalue weighted by atomic mass is 31.2. The lowest BCUT2D eigenvalue weighted by molar-refractivity contribution is 0.199. The van der Waals surface area contributed by atoms with Gasteiger partial charge in [-0.3, -0.25) is 4.52 Å². The molecule has 0 fully saturated rings. The van der Waals surface area contributed by atoms with Crippen molar-refractivity contribution in [2.24, 2.45) is 0 Å². The Hall–Kier alpha value is -0.870. The molecule has 1 aromatic rings. The van der Waals surface area contributed by atoms with Crippen molar-refractivity contribution in [3.05, 3.63) is 29.3 Å².